The van der Waals surface area contributed by atoms with Crippen LogP contribution < -0.4 is 10.2 Å². The quantitative estimate of drug-likeness (QED) is 0.112. The van der Waals surface area contributed by atoms with E-state index in [1.165, 1.54) is 10.6 Å². The van der Waals surface area contributed by atoms with E-state index in [1.54, 1.807) is 0 Å². The maximum absolute atomic E-state index is 13.1. The zero-order valence-electron chi connectivity index (χ0n) is 24.6. The number of para-hydroxylation sites is 1. The standard InChI is InChI=1S/C34H41N3O5/c1-34(2,3)42-33(40)37(36-28(22-32(38)39)21-27-23-35-31-15-8-7-14-30(27)31)20-10-9-11-25-16-18-29(19-17-25)41-24-26-12-5-4-6-13-26/h4-8,12-19,23,28,35-36H,9-11,20-22,24H2,1-3H3,(H,38,39)/t28-/m1/s1. The SMILES string of the molecule is CC(C)(C)OC(=O)N(CCCCc1ccc(OCc2ccccc2)cc1)N[C@@H](CC(=O)O)Cc1c[nH]c2ccccc12. The molecule has 1 aromatic heterocycles. The molecular formula is C34H41N3O5. The van der Waals surface area contributed by atoms with Crippen LogP contribution in [0.3, 0.4) is 0 Å². The van der Waals surface area contributed by atoms with Crippen LogP contribution in [-0.2, 0) is 29.0 Å². The van der Waals surface area contributed by atoms with Crippen molar-refractivity contribution in [3.63, 3.8) is 0 Å². The predicted molar refractivity (Wildman–Crippen MR) is 164 cm³/mol. The maximum Gasteiger partial charge on any atom is 0.424 e. The Labute approximate surface area is 247 Å². The third kappa shape index (κ3) is 9.66. The highest BCUT2D eigenvalue weighted by Crippen LogP contribution is 2.21. The van der Waals surface area contributed by atoms with Gasteiger partial charge >= 0.3 is 12.1 Å². The minimum absolute atomic E-state index is 0.141. The normalized spacial score (nSPS) is 12.2. The fourth-order valence-corrected chi connectivity index (χ4v) is 4.78. The van der Waals surface area contributed by atoms with Crippen molar-refractivity contribution in [1.82, 2.24) is 15.4 Å². The summed E-state index contributed by atoms with van der Waals surface area (Å²) in [5.41, 5.74) is 6.79. The van der Waals surface area contributed by atoms with Gasteiger partial charge in [0.05, 0.1) is 6.42 Å². The number of rotatable bonds is 14. The lowest BCUT2D eigenvalue weighted by Crippen LogP contribution is -2.51. The highest BCUT2D eigenvalue weighted by Gasteiger charge is 2.26. The summed E-state index contributed by atoms with van der Waals surface area (Å²) in [6, 6.07) is 25.5. The van der Waals surface area contributed by atoms with Crippen molar-refractivity contribution >= 4 is 23.0 Å². The molecule has 0 spiro atoms. The number of carbonyl (C=O) groups excluding carboxylic acids is 1. The number of hydrazine groups is 1. The van der Waals surface area contributed by atoms with Crippen LogP contribution in [0.1, 0.15) is 56.7 Å². The van der Waals surface area contributed by atoms with Gasteiger partial charge in [0.2, 0.25) is 0 Å². The number of aromatic nitrogens is 1. The van der Waals surface area contributed by atoms with Gasteiger partial charge in [0, 0.05) is 29.7 Å². The summed E-state index contributed by atoms with van der Waals surface area (Å²) in [7, 11) is 0. The number of hydrogen-bond donors (Lipinski definition) is 3. The topological polar surface area (TPSA) is 104 Å². The molecule has 1 atom stereocenters. The number of nitrogens with zero attached hydrogens (tertiary/aromatic N) is 1. The number of hydrogen-bond acceptors (Lipinski definition) is 5. The van der Waals surface area contributed by atoms with Crippen molar-refractivity contribution in [2.24, 2.45) is 0 Å². The van der Waals surface area contributed by atoms with Gasteiger partial charge in [-0.25, -0.2) is 15.2 Å². The molecule has 3 N–H and O–H groups in total. The molecule has 0 aliphatic carbocycles. The van der Waals surface area contributed by atoms with E-state index in [2.05, 4.69) is 22.5 Å². The van der Waals surface area contributed by atoms with Crippen LogP contribution in [0.15, 0.2) is 85.1 Å². The third-order valence-electron chi connectivity index (χ3n) is 6.78. The number of unbranched alkanes of at least 4 members (excludes halogenated alkanes) is 1. The van der Waals surface area contributed by atoms with E-state index in [-0.39, 0.29) is 6.42 Å². The zero-order chi connectivity index (χ0) is 30.0. The first-order chi connectivity index (χ1) is 20.2. The van der Waals surface area contributed by atoms with Crippen LogP contribution in [0.4, 0.5) is 4.79 Å². The summed E-state index contributed by atoms with van der Waals surface area (Å²) in [5, 5.41) is 12.1. The number of carbonyl (C=O) groups is 2. The molecule has 0 saturated carbocycles. The molecular weight excluding hydrogens is 530 g/mol. The van der Waals surface area contributed by atoms with Gasteiger partial charge in [-0.1, -0.05) is 60.7 Å². The molecule has 1 amide bonds. The Kier molecular flexibility index (Phi) is 10.6. The first kappa shape index (κ1) is 30.7. The fraction of sp³-hybridized carbons (Fsp3) is 0.353. The number of fused-ring (bicyclic) bond motifs is 1. The monoisotopic (exact) mass is 571 g/mol. The molecule has 4 rings (SSSR count). The van der Waals surface area contributed by atoms with Gasteiger partial charge in [-0.15, -0.1) is 0 Å². The van der Waals surface area contributed by atoms with Gasteiger partial charge in [-0.2, -0.15) is 0 Å². The molecule has 0 aliphatic heterocycles. The second-order valence-electron chi connectivity index (χ2n) is 11.5. The number of benzene rings is 3. The Bertz CT molecular complexity index is 1430. The van der Waals surface area contributed by atoms with Gasteiger partial charge in [0.15, 0.2) is 0 Å². The number of aliphatic carboxylic acids is 1. The van der Waals surface area contributed by atoms with Gasteiger partial charge in [-0.05, 0) is 81.3 Å². The number of nitrogens with one attached hydrogen (secondary N) is 2. The van der Waals surface area contributed by atoms with Crippen LogP contribution in [0.5, 0.6) is 5.75 Å². The van der Waals surface area contributed by atoms with E-state index in [0.29, 0.717) is 26.0 Å². The van der Waals surface area contributed by atoms with E-state index < -0.39 is 23.7 Å². The lowest BCUT2D eigenvalue weighted by atomic mass is 10.0. The number of amides is 1. The van der Waals surface area contributed by atoms with Crippen molar-refractivity contribution < 1.29 is 24.2 Å². The Morgan fingerprint density at radius 3 is 2.36 bits per heavy atom. The third-order valence-corrected chi connectivity index (χ3v) is 6.78. The summed E-state index contributed by atoms with van der Waals surface area (Å²) in [6.45, 7) is 6.36. The molecule has 222 valence electrons. The average Bonchev–Trinajstić information content (AvgIpc) is 3.36. The van der Waals surface area contributed by atoms with Crippen LogP contribution in [0.25, 0.3) is 10.9 Å². The average molecular weight is 572 g/mol. The maximum atomic E-state index is 13.1. The minimum atomic E-state index is -0.937. The number of carboxylic acids is 1. The van der Waals surface area contributed by atoms with Crippen molar-refractivity contribution in [1.29, 1.82) is 0 Å². The molecule has 0 aliphatic rings. The van der Waals surface area contributed by atoms with Crippen LogP contribution in [0.2, 0.25) is 0 Å². The smallest absolute Gasteiger partial charge is 0.424 e. The van der Waals surface area contributed by atoms with E-state index in [9.17, 15) is 14.7 Å². The Balaban J connectivity index is 1.34. The van der Waals surface area contributed by atoms with E-state index in [1.807, 2.05) is 93.7 Å². The van der Waals surface area contributed by atoms with Gasteiger partial charge in [-0.3, -0.25) is 4.79 Å². The predicted octanol–water partition coefficient (Wildman–Crippen LogP) is 6.90. The molecule has 42 heavy (non-hydrogen) atoms. The molecule has 0 fully saturated rings. The minimum Gasteiger partial charge on any atom is -0.489 e. The summed E-state index contributed by atoms with van der Waals surface area (Å²) >= 11 is 0. The molecule has 4 aromatic rings. The number of ether oxygens (including phenoxy) is 2. The number of carboxylic acid groups (broad SMARTS) is 1. The van der Waals surface area contributed by atoms with Gasteiger partial charge in [0.1, 0.15) is 18.0 Å². The van der Waals surface area contributed by atoms with E-state index in [0.717, 1.165) is 40.6 Å². The van der Waals surface area contributed by atoms with Gasteiger partial charge < -0.3 is 19.6 Å². The van der Waals surface area contributed by atoms with E-state index in [4.69, 9.17) is 9.47 Å². The highest BCUT2D eigenvalue weighted by molar-refractivity contribution is 5.83. The van der Waals surface area contributed by atoms with E-state index >= 15 is 0 Å². The number of aryl methyl sites for hydroxylation is 1. The van der Waals surface area contributed by atoms with Crippen molar-refractivity contribution in [3.8, 4) is 5.75 Å². The first-order valence-corrected chi connectivity index (χ1v) is 14.5. The summed E-state index contributed by atoms with van der Waals surface area (Å²) in [5.74, 6) is -0.116. The lowest BCUT2D eigenvalue weighted by molar-refractivity contribution is -0.138. The highest BCUT2D eigenvalue weighted by atomic mass is 16.6. The first-order valence-electron chi connectivity index (χ1n) is 14.5. The molecule has 3 aromatic carbocycles. The van der Waals surface area contributed by atoms with Crippen molar-refractivity contribution in [3.05, 3.63) is 102 Å². The van der Waals surface area contributed by atoms with Crippen LogP contribution in [-0.4, -0.2) is 45.3 Å². The second kappa shape index (κ2) is 14.5. The molecule has 0 saturated heterocycles. The van der Waals surface area contributed by atoms with Crippen molar-refractivity contribution in [2.45, 2.75) is 71.1 Å². The Morgan fingerprint density at radius 1 is 0.929 bits per heavy atom. The summed E-state index contributed by atoms with van der Waals surface area (Å²) in [4.78, 5) is 28.1. The van der Waals surface area contributed by atoms with Crippen LogP contribution in [0, 0.1) is 0 Å². The van der Waals surface area contributed by atoms with Gasteiger partial charge in [0.25, 0.3) is 0 Å². The Hall–Kier alpha value is -4.30. The molecule has 8 heteroatoms. The van der Waals surface area contributed by atoms with Crippen molar-refractivity contribution in [2.75, 3.05) is 6.54 Å². The molecule has 0 radical (unpaired) electrons. The second-order valence-corrected chi connectivity index (χ2v) is 11.5. The largest absolute Gasteiger partial charge is 0.489 e. The fourth-order valence-electron chi connectivity index (χ4n) is 4.78. The summed E-state index contributed by atoms with van der Waals surface area (Å²) < 4.78 is 11.5. The lowest BCUT2D eigenvalue weighted by Gasteiger charge is -2.31. The molecule has 0 unspecified atom stereocenters. The molecule has 8 nitrogen and oxygen atoms in total. The number of H-pyrrole nitrogens is 1. The summed E-state index contributed by atoms with van der Waals surface area (Å²) in [6.07, 6.45) is 4.08. The Morgan fingerprint density at radius 2 is 1.64 bits per heavy atom. The molecule has 1 heterocycles. The number of aromatic amines is 1. The zero-order valence-corrected chi connectivity index (χ0v) is 24.6. The molecule has 0 bridgehead atoms. The van der Waals surface area contributed by atoms with Crippen LogP contribution >= 0.6 is 0 Å².